The predicted octanol–water partition coefficient (Wildman–Crippen LogP) is 0.255. The average molecular weight is 392 g/mol. The Labute approximate surface area is 167 Å². The quantitative estimate of drug-likeness (QED) is 0.683. The van der Waals surface area contributed by atoms with Gasteiger partial charge in [-0.15, -0.1) is 0 Å². The Balaban J connectivity index is 1.99. The van der Waals surface area contributed by atoms with Crippen molar-refractivity contribution in [3.05, 3.63) is 35.9 Å². The number of benzene rings is 1. The third kappa shape index (κ3) is 7.84. The molecule has 1 aromatic rings. The van der Waals surface area contributed by atoms with E-state index in [1.165, 1.54) is 0 Å². The van der Waals surface area contributed by atoms with Crippen LogP contribution in [0.5, 0.6) is 0 Å². The van der Waals surface area contributed by atoms with Gasteiger partial charge in [0.1, 0.15) is 6.61 Å². The van der Waals surface area contributed by atoms with Gasteiger partial charge in [-0.2, -0.15) is 0 Å². The molecule has 1 aliphatic heterocycles. The Hall–Kier alpha value is -2.16. The molecule has 0 radical (unpaired) electrons. The molecule has 1 saturated heterocycles. The zero-order chi connectivity index (χ0) is 20.2. The maximum Gasteiger partial charge on any atom is 0.410 e. The van der Waals surface area contributed by atoms with Crippen LogP contribution in [0.1, 0.15) is 12.5 Å². The van der Waals surface area contributed by atoms with Gasteiger partial charge in [-0.3, -0.25) is 9.69 Å². The van der Waals surface area contributed by atoms with Crippen molar-refractivity contribution in [2.45, 2.75) is 19.6 Å². The van der Waals surface area contributed by atoms with Crippen LogP contribution in [0.3, 0.4) is 0 Å². The summed E-state index contributed by atoms with van der Waals surface area (Å²) in [6, 6.07) is 9.69. The van der Waals surface area contributed by atoms with Crippen molar-refractivity contribution >= 4 is 12.0 Å². The van der Waals surface area contributed by atoms with Crippen LogP contribution in [0.25, 0.3) is 0 Å². The molecule has 2 rings (SSSR count). The lowest BCUT2D eigenvalue weighted by molar-refractivity contribution is -0.122. The Morgan fingerprint density at radius 1 is 1.11 bits per heavy atom. The fraction of sp³-hybridized carbons (Fsp3) is 0.600. The monoisotopic (exact) mass is 391 g/mol. The van der Waals surface area contributed by atoms with Gasteiger partial charge in [0.05, 0.1) is 6.54 Å². The number of hydrogen-bond donors (Lipinski definition) is 3. The van der Waals surface area contributed by atoms with Gasteiger partial charge in [-0.25, -0.2) is 4.79 Å². The van der Waals surface area contributed by atoms with E-state index in [4.69, 9.17) is 4.74 Å². The Morgan fingerprint density at radius 3 is 2.46 bits per heavy atom. The summed E-state index contributed by atoms with van der Waals surface area (Å²) in [4.78, 5) is 28.4. The summed E-state index contributed by atoms with van der Waals surface area (Å²) in [7, 11) is 1.64. The molecule has 0 aromatic heterocycles. The Kier molecular flexibility index (Phi) is 9.74. The zero-order valence-electron chi connectivity index (χ0n) is 16.9. The highest BCUT2D eigenvalue weighted by molar-refractivity contribution is 5.77. The lowest BCUT2D eigenvalue weighted by Gasteiger charge is -2.33. The van der Waals surface area contributed by atoms with Crippen molar-refractivity contribution in [3.8, 4) is 0 Å². The molecule has 0 aliphatic carbocycles. The molecule has 1 aromatic carbocycles. The van der Waals surface area contributed by atoms with Crippen LogP contribution in [0, 0.1) is 0 Å². The van der Waals surface area contributed by atoms with E-state index in [1.54, 1.807) is 11.9 Å². The van der Waals surface area contributed by atoms with Crippen LogP contribution >= 0.6 is 0 Å². The van der Waals surface area contributed by atoms with Gasteiger partial charge in [0, 0.05) is 58.9 Å². The third-order valence-electron chi connectivity index (χ3n) is 4.81. The number of nitrogens with zero attached hydrogens (tertiary/aromatic N) is 2. The van der Waals surface area contributed by atoms with Gasteiger partial charge in [0.2, 0.25) is 5.91 Å². The zero-order valence-corrected chi connectivity index (χ0v) is 16.9. The van der Waals surface area contributed by atoms with Gasteiger partial charge in [0.25, 0.3) is 0 Å². The fourth-order valence-corrected chi connectivity index (χ4v) is 3.08. The topological polar surface area (TPSA) is 85.9 Å². The molecule has 1 atom stereocenters. The minimum Gasteiger partial charge on any atom is -0.445 e. The normalized spacial score (nSPS) is 19.9. The van der Waals surface area contributed by atoms with Crippen LogP contribution in [-0.2, 0) is 16.1 Å². The summed E-state index contributed by atoms with van der Waals surface area (Å²) in [5.74, 6) is -0.0289. The third-order valence-corrected chi connectivity index (χ3v) is 4.81. The molecule has 0 bridgehead atoms. The van der Waals surface area contributed by atoms with E-state index in [0.717, 1.165) is 31.7 Å². The SMILES string of the molecule is CNC(=O)CN1CCNCCNCCN(C(=O)OCc2ccccc2)CC1C. The smallest absolute Gasteiger partial charge is 0.410 e. The molecule has 0 spiro atoms. The highest BCUT2D eigenvalue weighted by Gasteiger charge is 2.23. The molecule has 3 N–H and O–H groups in total. The van der Waals surface area contributed by atoms with Crippen LogP contribution in [0.2, 0.25) is 0 Å². The van der Waals surface area contributed by atoms with Crippen molar-refractivity contribution in [2.75, 3.05) is 59.4 Å². The van der Waals surface area contributed by atoms with E-state index in [2.05, 4.69) is 20.9 Å². The van der Waals surface area contributed by atoms with E-state index >= 15 is 0 Å². The minimum absolute atomic E-state index is 0.0289. The molecule has 1 fully saturated rings. The van der Waals surface area contributed by atoms with Gasteiger partial charge in [-0.1, -0.05) is 30.3 Å². The predicted molar refractivity (Wildman–Crippen MR) is 109 cm³/mol. The van der Waals surface area contributed by atoms with E-state index < -0.39 is 0 Å². The average Bonchev–Trinajstić information content (AvgIpc) is 2.71. The summed E-state index contributed by atoms with van der Waals surface area (Å²) in [5, 5.41) is 9.39. The largest absolute Gasteiger partial charge is 0.445 e. The molecule has 156 valence electrons. The van der Waals surface area contributed by atoms with E-state index in [0.29, 0.717) is 26.2 Å². The second-order valence-electron chi connectivity index (χ2n) is 6.98. The second-order valence-corrected chi connectivity index (χ2v) is 6.98. The number of hydrogen-bond acceptors (Lipinski definition) is 6. The number of nitrogens with one attached hydrogen (secondary N) is 3. The molecule has 8 heteroatoms. The molecule has 2 amide bonds. The first-order valence-corrected chi connectivity index (χ1v) is 9.92. The summed E-state index contributed by atoms with van der Waals surface area (Å²) < 4.78 is 5.53. The van der Waals surface area contributed by atoms with Gasteiger partial charge in [-0.05, 0) is 12.5 Å². The van der Waals surface area contributed by atoms with E-state index in [9.17, 15) is 9.59 Å². The van der Waals surface area contributed by atoms with Crippen LogP contribution in [0.4, 0.5) is 4.79 Å². The standard InChI is InChI=1S/C20H33N5O3/c1-17-14-25(20(27)28-16-18-6-4-3-5-7-18)13-11-23-9-8-22-10-12-24(17)15-19(26)21-2/h3-7,17,22-23H,8-16H2,1-2H3,(H,21,26). The molecule has 1 heterocycles. The lowest BCUT2D eigenvalue weighted by Crippen LogP contribution is -2.51. The molecule has 1 unspecified atom stereocenters. The lowest BCUT2D eigenvalue weighted by atomic mass is 10.2. The first-order chi connectivity index (χ1) is 13.6. The van der Waals surface area contributed by atoms with E-state index in [-0.39, 0.29) is 24.6 Å². The molecule has 8 nitrogen and oxygen atoms in total. The fourth-order valence-electron chi connectivity index (χ4n) is 3.08. The first kappa shape index (κ1) is 22.1. The second kappa shape index (κ2) is 12.3. The highest BCUT2D eigenvalue weighted by Crippen LogP contribution is 2.07. The molecular weight excluding hydrogens is 358 g/mol. The first-order valence-electron chi connectivity index (χ1n) is 9.92. The van der Waals surface area contributed by atoms with Crippen molar-refractivity contribution < 1.29 is 14.3 Å². The van der Waals surface area contributed by atoms with Crippen molar-refractivity contribution in [1.29, 1.82) is 0 Å². The maximum absolute atomic E-state index is 12.7. The minimum atomic E-state index is -0.326. The number of ether oxygens (including phenoxy) is 1. The summed E-state index contributed by atoms with van der Waals surface area (Å²) in [6.45, 7) is 7.58. The number of carbonyl (C=O) groups excluding carboxylic acids is 2. The number of rotatable bonds is 4. The summed E-state index contributed by atoms with van der Waals surface area (Å²) >= 11 is 0. The van der Waals surface area contributed by atoms with Gasteiger partial charge < -0.3 is 25.6 Å². The number of likely N-dealkylation sites (N-methyl/N-ethyl adjacent to an activating group) is 1. The van der Waals surface area contributed by atoms with Crippen molar-refractivity contribution in [1.82, 2.24) is 25.8 Å². The summed E-state index contributed by atoms with van der Waals surface area (Å²) in [5.41, 5.74) is 0.962. The molecular formula is C20H33N5O3. The Bertz CT molecular complexity index is 599. The van der Waals surface area contributed by atoms with E-state index in [1.807, 2.05) is 37.3 Å². The van der Waals surface area contributed by atoms with Crippen LogP contribution in [0.15, 0.2) is 30.3 Å². The van der Waals surface area contributed by atoms with Gasteiger partial charge >= 0.3 is 6.09 Å². The Morgan fingerprint density at radius 2 is 1.79 bits per heavy atom. The van der Waals surface area contributed by atoms with Crippen molar-refractivity contribution in [3.63, 3.8) is 0 Å². The van der Waals surface area contributed by atoms with Crippen LogP contribution in [-0.4, -0.2) is 87.2 Å². The van der Waals surface area contributed by atoms with Crippen molar-refractivity contribution in [2.24, 2.45) is 0 Å². The molecule has 1 aliphatic rings. The van der Waals surface area contributed by atoms with Crippen LogP contribution < -0.4 is 16.0 Å². The van der Waals surface area contributed by atoms with Gasteiger partial charge in [0.15, 0.2) is 0 Å². The maximum atomic E-state index is 12.7. The number of carbonyl (C=O) groups is 2. The summed E-state index contributed by atoms with van der Waals surface area (Å²) in [6.07, 6.45) is -0.326. The number of amides is 2. The highest BCUT2D eigenvalue weighted by atomic mass is 16.6. The molecule has 0 saturated carbocycles. The molecule has 28 heavy (non-hydrogen) atoms.